The molecule has 3 rings (SSSR count). The van der Waals surface area contributed by atoms with Gasteiger partial charge in [0.2, 0.25) is 0 Å². The first kappa shape index (κ1) is 17.2. The number of rotatable bonds is 5. The number of nitriles is 1. The van der Waals surface area contributed by atoms with Crippen molar-refractivity contribution in [1.82, 2.24) is 5.32 Å². The molecular weight excluding hydrogens is 310 g/mol. The first-order valence-electron chi connectivity index (χ1n) is 8.94. The van der Waals surface area contributed by atoms with Gasteiger partial charge in [-0.15, -0.1) is 0 Å². The minimum Gasteiger partial charge on any atom is -0.348 e. The Labute approximate surface area is 149 Å². The molecule has 1 fully saturated rings. The highest BCUT2D eigenvalue weighted by molar-refractivity contribution is 5.94. The lowest BCUT2D eigenvalue weighted by atomic mass is 10.1. The summed E-state index contributed by atoms with van der Waals surface area (Å²) in [5, 5.41) is 11.7. The molecule has 0 unspecified atom stereocenters. The van der Waals surface area contributed by atoms with Gasteiger partial charge < -0.3 is 10.2 Å². The van der Waals surface area contributed by atoms with Crippen LogP contribution < -0.4 is 10.2 Å². The molecule has 0 radical (unpaired) electrons. The molecule has 4 heteroatoms. The number of piperidine rings is 1. The van der Waals surface area contributed by atoms with Crippen LogP contribution in [0.4, 0.5) is 0 Å². The van der Waals surface area contributed by atoms with Crippen molar-refractivity contribution in [1.29, 1.82) is 5.26 Å². The Hall–Kier alpha value is -2.64. The Balaban J connectivity index is 1.50. The van der Waals surface area contributed by atoms with E-state index in [1.165, 1.54) is 37.9 Å². The van der Waals surface area contributed by atoms with Crippen molar-refractivity contribution >= 4 is 5.91 Å². The van der Waals surface area contributed by atoms with E-state index in [1.54, 1.807) is 29.2 Å². The lowest BCUT2D eigenvalue weighted by molar-refractivity contribution is -0.918. The third kappa shape index (κ3) is 4.91. The molecule has 1 saturated heterocycles. The number of nitrogens with one attached hydrogen (secondary N) is 2. The summed E-state index contributed by atoms with van der Waals surface area (Å²) in [6.07, 6.45) is 4.06. The minimum atomic E-state index is -0.119. The summed E-state index contributed by atoms with van der Waals surface area (Å²) in [6.45, 7) is 4.17. The summed E-state index contributed by atoms with van der Waals surface area (Å²) < 4.78 is 0. The van der Waals surface area contributed by atoms with Gasteiger partial charge in [0.1, 0.15) is 6.54 Å². The van der Waals surface area contributed by atoms with Gasteiger partial charge in [-0.05, 0) is 49.1 Å². The van der Waals surface area contributed by atoms with Crippen LogP contribution in [0.5, 0.6) is 0 Å². The van der Waals surface area contributed by atoms with Crippen LogP contribution >= 0.6 is 0 Å². The van der Waals surface area contributed by atoms with Crippen LogP contribution in [0.3, 0.4) is 0 Å². The van der Waals surface area contributed by atoms with E-state index >= 15 is 0 Å². The van der Waals surface area contributed by atoms with E-state index < -0.39 is 0 Å². The van der Waals surface area contributed by atoms with Crippen molar-refractivity contribution in [2.24, 2.45) is 0 Å². The number of benzene rings is 2. The highest BCUT2D eigenvalue weighted by atomic mass is 16.1. The van der Waals surface area contributed by atoms with Gasteiger partial charge in [0.05, 0.1) is 24.7 Å². The van der Waals surface area contributed by atoms with Crippen LogP contribution in [0.15, 0.2) is 48.5 Å². The third-order valence-corrected chi connectivity index (χ3v) is 4.77. The van der Waals surface area contributed by atoms with E-state index in [2.05, 4.69) is 35.7 Å². The molecular formula is C21H24N3O+. The van der Waals surface area contributed by atoms with Gasteiger partial charge >= 0.3 is 0 Å². The van der Waals surface area contributed by atoms with E-state index in [1.807, 2.05) is 0 Å². The standard InChI is InChI=1S/C21H23N3O/c22-14-17-8-10-20(11-9-17)21(25)23-15-18-4-6-19(7-5-18)16-24-12-2-1-3-13-24/h4-11H,1-3,12-13,15-16H2,(H,23,25)/p+1. The van der Waals surface area contributed by atoms with Crippen molar-refractivity contribution < 1.29 is 9.69 Å². The van der Waals surface area contributed by atoms with Gasteiger partial charge in [-0.3, -0.25) is 4.79 Å². The summed E-state index contributed by atoms with van der Waals surface area (Å²) in [5.74, 6) is -0.119. The Kier molecular flexibility index (Phi) is 5.81. The molecule has 1 heterocycles. The number of hydrogen-bond donors (Lipinski definition) is 2. The predicted molar refractivity (Wildman–Crippen MR) is 97.0 cm³/mol. The average molecular weight is 334 g/mol. The summed E-state index contributed by atoms with van der Waals surface area (Å²) in [6, 6.07) is 17.3. The molecule has 1 aliphatic heterocycles. The molecule has 2 N–H and O–H groups in total. The van der Waals surface area contributed by atoms with E-state index in [0.717, 1.165) is 12.1 Å². The van der Waals surface area contributed by atoms with Crippen molar-refractivity contribution in [2.75, 3.05) is 13.1 Å². The van der Waals surface area contributed by atoms with E-state index in [0.29, 0.717) is 17.7 Å². The summed E-state index contributed by atoms with van der Waals surface area (Å²) >= 11 is 0. The van der Waals surface area contributed by atoms with Crippen molar-refractivity contribution in [3.05, 3.63) is 70.8 Å². The second kappa shape index (κ2) is 8.46. The zero-order valence-electron chi connectivity index (χ0n) is 14.4. The molecule has 1 aliphatic rings. The second-order valence-corrected chi connectivity index (χ2v) is 6.68. The third-order valence-electron chi connectivity index (χ3n) is 4.77. The van der Waals surface area contributed by atoms with Gasteiger partial charge in [0.15, 0.2) is 0 Å². The zero-order chi connectivity index (χ0) is 17.5. The fraction of sp³-hybridized carbons (Fsp3) is 0.333. The van der Waals surface area contributed by atoms with Crippen LogP contribution in [-0.2, 0) is 13.1 Å². The summed E-state index contributed by atoms with van der Waals surface area (Å²) in [7, 11) is 0. The Bertz CT molecular complexity index is 738. The fourth-order valence-corrected chi connectivity index (χ4v) is 3.27. The van der Waals surface area contributed by atoms with E-state index in [9.17, 15) is 4.79 Å². The predicted octanol–water partition coefficient (Wildman–Crippen LogP) is 2.06. The molecule has 0 saturated carbocycles. The molecule has 2 aromatic rings. The summed E-state index contributed by atoms with van der Waals surface area (Å²) in [4.78, 5) is 13.8. The molecule has 0 spiro atoms. The fourth-order valence-electron chi connectivity index (χ4n) is 3.27. The van der Waals surface area contributed by atoms with Crippen LogP contribution in [-0.4, -0.2) is 19.0 Å². The molecule has 2 aromatic carbocycles. The maximum absolute atomic E-state index is 12.1. The Morgan fingerprint density at radius 1 is 0.960 bits per heavy atom. The topological polar surface area (TPSA) is 57.3 Å². The normalized spacial score (nSPS) is 14.7. The molecule has 1 amide bonds. The zero-order valence-corrected chi connectivity index (χ0v) is 14.4. The number of likely N-dealkylation sites (tertiary alicyclic amines) is 1. The molecule has 128 valence electrons. The number of hydrogen-bond acceptors (Lipinski definition) is 2. The lowest BCUT2D eigenvalue weighted by Crippen LogP contribution is -3.11. The highest BCUT2D eigenvalue weighted by Gasteiger charge is 2.13. The summed E-state index contributed by atoms with van der Waals surface area (Å²) in [5.41, 5.74) is 3.59. The molecule has 0 bridgehead atoms. The number of carbonyl (C=O) groups excluding carboxylic acids is 1. The van der Waals surface area contributed by atoms with Crippen LogP contribution in [0.2, 0.25) is 0 Å². The SMILES string of the molecule is N#Cc1ccc(C(=O)NCc2ccc(C[NH+]3CCCCC3)cc2)cc1. The quantitative estimate of drug-likeness (QED) is 0.879. The Morgan fingerprint density at radius 3 is 2.24 bits per heavy atom. The number of carbonyl (C=O) groups is 1. The highest BCUT2D eigenvalue weighted by Crippen LogP contribution is 2.06. The second-order valence-electron chi connectivity index (χ2n) is 6.68. The van der Waals surface area contributed by atoms with Crippen molar-refractivity contribution in [3.8, 4) is 6.07 Å². The molecule has 25 heavy (non-hydrogen) atoms. The van der Waals surface area contributed by atoms with E-state index in [4.69, 9.17) is 5.26 Å². The minimum absolute atomic E-state index is 0.119. The van der Waals surface area contributed by atoms with Crippen LogP contribution in [0.25, 0.3) is 0 Å². The van der Waals surface area contributed by atoms with Gasteiger partial charge in [-0.25, -0.2) is 0 Å². The number of quaternary nitrogens is 1. The van der Waals surface area contributed by atoms with Gasteiger partial charge in [-0.2, -0.15) is 5.26 Å². The molecule has 4 nitrogen and oxygen atoms in total. The van der Waals surface area contributed by atoms with Crippen molar-refractivity contribution in [2.45, 2.75) is 32.4 Å². The molecule has 0 atom stereocenters. The maximum Gasteiger partial charge on any atom is 0.251 e. The largest absolute Gasteiger partial charge is 0.348 e. The Morgan fingerprint density at radius 2 is 1.60 bits per heavy atom. The van der Waals surface area contributed by atoms with Gasteiger partial charge in [-0.1, -0.05) is 24.3 Å². The smallest absolute Gasteiger partial charge is 0.251 e. The molecule has 0 aromatic heterocycles. The maximum atomic E-state index is 12.1. The van der Waals surface area contributed by atoms with Gasteiger partial charge in [0, 0.05) is 17.7 Å². The monoisotopic (exact) mass is 334 g/mol. The van der Waals surface area contributed by atoms with Gasteiger partial charge in [0.25, 0.3) is 5.91 Å². The number of amides is 1. The van der Waals surface area contributed by atoms with Crippen molar-refractivity contribution in [3.63, 3.8) is 0 Å². The average Bonchev–Trinajstić information content (AvgIpc) is 2.68. The lowest BCUT2D eigenvalue weighted by Gasteiger charge is -2.23. The number of nitrogens with zero attached hydrogens (tertiary/aromatic N) is 1. The van der Waals surface area contributed by atoms with Crippen LogP contribution in [0, 0.1) is 11.3 Å². The first-order chi connectivity index (χ1) is 12.2. The van der Waals surface area contributed by atoms with Crippen LogP contribution in [0.1, 0.15) is 46.3 Å². The van der Waals surface area contributed by atoms with E-state index in [-0.39, 0.29) is 5.91 Å². The molecule has 0 aliphatic carbocycles. The first-order valence-corrected chi connectivity index (χ1v) is 8.94.